The van der Waals surface area contributed by atoms with E-state index in [2.05, 4.69) is 37.7 Å². The van der Waals surface area contributed by atoms with Gasteiger partial charge in [0.15, 0.2) is 5.82 Å². The second kappa shape index (κ2) is 9.14. The summed E-state index contributed by atoms with van der Waals surface area (Å²) in [4.78, 5) is 16.9. The first-order valence-electron chi connectivity index (χ1n) is 10.5. The Morgan fingerprint density at radius 1 is 0.806 bits per heavy atom. The predicted octanol–water partition coefficient (Wildman–Crippen LogP) is 4.16. The number of amides is 2. The fraction of sp³-hybridized carbons (Fsp3) is 0.292. The minimum Gasteiger partial charge on any atom is -0.353 e. The maximum absolute atomic E-state index is 12.3. The number of anilines is 3. The van der Waals surface area contributed by atoms with Gasteiger partial charge in [0.2, 0.25) is 0 Å². The van der Waals surface area contributed by atoms with E-state index >= 15 is 0 Å². The second-order valence-corrected chi connectivity index (χ2v) is 8.02. The Hall–Kier alpha value is -3.45. The smallest absolute Gasteiger partial charge is 0.323 e. The topological polar surface area (TPSA) is 73.4 Å². The highest BCUT2D eigenvalue weighted by Crippen LogP contribution is 2.22. The molecule has 2 aromatic carbocycles. The molecule has 160 valence electrons. The third kappa shape index (κ3) is 5.19. The number of hydrogen-bond acceptors (Lipinski definition) is 5. The number of piperazine rings is 1. The standard InChI is InChI=1S/C24H28N6O/c1-17-4-7-21(16-18(17)2)26-24(31)25-20-8-5-19(6-9-20)22-10-11-23(28-27-22)30-14-12-29(3)13-15-30/h4-11,16H,12-15H2,1-3H3,(H2,25,26,31). The van der Waals surface area contributed by atoms with Crippen LogP contribution in [-0.2, 0) is 0 Å². The van der Waals surface area contributed by atoms with Gasteiger partial charge in [-0.25, -0.2) is 4.79 Å². The molecule has 1 aromatic heterocycles. The van der Waals surface area contributed by atoms with Crippen molar-refractivity contribution >= 4 is 23.2 Å². The Balaban J connectivity index is 1.36. The monoisotopic (exact) mass is 416 g/mol. The molecule has 1 aliphatic rings. The molecule has 2 amide bonds. The van der Waals surface area contributed by atoms with Gasteiger partial charge in [-0.3, -0.25) is 0 Å². The van der Waals surface area contributed by atoms with Crippen LogP contribution in [-0.4, -0.2) is 54.4 Å². The van der Waals surface area contributed by atoms with Crippen LogP contribution in [0.4, 0.5) is 22.0 Å². The SMILES string of the molecule is Cc1ccc(NC(=O)Nc2ccc(-c3ccc(N4CCN(C)CC4)nn3)cc2)cc1C. The molecule has 0 atom stereocenters. The molecule has 7 heteroatoms. The maximum Gasteiger partial charge on any atom is 0.323 e. The van der Waals surface area contributed by atoms with E-state index in [-0.39, 0.29) is 6.03 Å². The number of benzene rings is 2. The molecule has 4 rings (SSSR count). The number of aromatic nitrogens is 2. The summed E-state index contributed by atoms with van der Waals surface area (Å²) in [5.41, 5.74) is 5.59. The molecule has 7 nitrogen and oxygen atoms in total. The van der Waals surface area contributed by atoms with Gasteiger partial charge in [0.1, 0.15) is 0 Å². The Morgan fingerprint density at radius 3 is 2.13 bits per heavy atom. The highest BCUT2D eigenvalue weighted by Gasteiger charge is 2.15. The van der Waals surface area contributed by atoms with E-state index in [4.69, 9.17) is 0 Å². The molecular weight excluding hydrogens is 388 g/mol. The zero-order valence-corrected chi connectivity index (χ0v) is 18.2. The largest absolute Gasteiger partial charge is 0.353 e. The average Bonchev–Trinajstić information content (AvgIpc) is 2.77. The van der Waals surface area contributed by atoms with Crippen LogP contribution < -0.4 is 15.5 Å². The van der Waals surface area contributed by atoms with Crippen LogP contribution in [0.1, 0.15) is 11.1 Å². The van der Waals surface area contributed by atoms with Crippen LogP contribution in [0.3, 0.4) is 0 Å². The molecule has 31 heavy (non-hydrogen) atoms. The van der Waals surface area contributed by atoms with Crippen molar-refractivity contribution in [1.29, 1.82) is 0 Å². The van der Waals surface area contributed by atoms with Crippen LogP contribution in [0.15, 0.2) is 54.6 Å². The van der Waals surface area contributed by atoms with Gasteiger partial charge in [-0.2, -0.15) is 0 Å². The van der Waals surface area contributed by atoms with Crippen LogP contribution >= 0.6 is 0 Å². The lowest BCUT2D eigenvalue weighted by Crippen LogP contribution is -2.44. The zero-order chi connectivity index (χ0) is 21.8. The van der Waals surface area contributed by atoms with E-state index in [1.165, 1.54) is 5.56 Å². The van der Waals surface area contributed by atoms with Crippen molar-refractivity contribution in [3.8, 4) is 11.3 Å². The minimum absolute atomic E-state index is 0.271. The first-order chi connectivity index (χ1) is 15.0. The normalized spacial score (nSPS) is 14.4. The van der Waals surface area contributed by atoms with Crippen LogP contribution in [0, 0.1) is 13.8 Å². The van der Waals surface area contributed by atoms with E-state index < -0.39 is 0 Å². The lowest BCUT2D eigenvalue weighted by molar-refractivity contribution is 0.262. The van der Waals surface area contributed by atoms with Crippen molar-refractivity contribution in [2.75, 3.05) is 48.8 Å². The Bertz CT molecular complexity index is 1040. The first-order valence-corrected chi connectivity index (χ1v) is 10.5. The number of nitrogens with zero attached hydrogens (tertiary/aromatic N) is 4. The summed E-state index contributed by atoms with van der Waals surface area (Å²) in [6, 6.07) is 17.2. The van der Waals surface area contributed by atoms with Crippen molar-refractivity contribution < 1.29 is 4.79 Å². The number of urea groups is 1. The molecule has 2 heterocycles. The fourth-order valence-electron chi connectivity index (χ4n) is 3.52. The molecule has 0 bridgehead atoms. The van der Waals surface area contributed by atoms with Crippen molar-refractivity contribution in [2.24, 2.45) is 0 Å². The van der Waals surface area contributed by atoms with Gasteiger partial charge in [-0.1, -0.05) is 18.2 Å². The Morgan fingerprint density at radius 2 is 1.48 bits per heavy atom. The fourth-order valence-corrected chi connectivity index (χ4v) is 3.52. The predicted molar refractivity (Wildman–Crippen MR) is 126 cm³/mol. The summed E-state index contributed by atoms with van der Waals surface area (Å²) in [6.45, 7) is 8.08. The molecule has 0 saturated carbocycles. The maximum atomic E-state index is 12.3. The first kappa shape index (κ1) is 20.8. The summed E-state index contributed by atoms with van der Waals surface area (Å²) in [5, 5.41) is 14.5. The third-order valence-corrected chi connectivity index (χ3v) is 5.68. The van der Waals surface area contributed by atoms with E-state index in [9.17, 15) is 4.79 Å². The number of aryl methyl sites for hydroxylation is 2. The van der Waals surface area contributed by atoms with Crippen LogP contribution in [0.5, 0.6) is 0 Å². The number of carbonyl (C=O) groups is 1. The molecule has 2 N–H and O–H groups in total. The van der Waals surface area contributed by atoms with E-state index in [0.29, 0.717) is 5.69 Å². The quantitative estimate of drug-likeness (QED) is 0.668. The molecule has 0 radical (unpaired) electrons. The summed E-state index contributed by atoms with van der Waals surface area (Å²) >= 11 is 0. The van der Waals surface area contributed by atoms with Gasteiger partial charge >= 0.3 is 6.03 Å². The van der Waals surface area contributed by atoms with Crippen molar-refractivity contribution in [3.05, 3.63) is 65.7 Å². The van der Waals surface area contributed by atoms with Gasteiger partial charge in [0.25, 0.3) is 0 Å². The number of nitrogens with one attached hydrogen (secondary N) is 2. The summed E-state index contributed by atoms with van der Waals surface area (Å²) in [6.07, 6.45) is 0. The molecule has 0 aliphatic carbocycles. The van der Waals surface area contributed by atoms with E-state index in [1.807, 2.05) is 68.4 Å². The highest BCUT2D eigenvalue weighted by molar-refractivity contribution is 5.99. The molecule has 0 unspecified atom stereocenters. The van der Waals surface area contributed by atoms with Gasteiger partial charge in [0.05, 0.1) is 5.69 Å². The Labute approximate surface area is 183 Å². The van der Waals surface area contributed by atoms with Crippen molar-refractivity contribution in [2.45, 2.75) is 13.8 Å². The lowest BCUT2D eigenvalue weighted by Gasteiger charge is -2.32. The molecular formula is C24H28N6O. The third-order valence-electron chi connectivity index (χ3n) is 5.68. The number of likely N-dealkylation sites (N-methyl/N-ethyl adjacent to an activating group) is 1. The number of carbonyl (C=O) groups excluding carboxylic acids is 1. The van der Waals surface area contributed by atoms with Crippen molar-refractivity contribution in [1.82, 2.24) is 15.1 Å². The van der Waals surface area contributed by atoms with E-state index in [1.54, 1.807) is 0 Å². The summed E-state index contributed by atoms with van der Waals surface area (Å²) in [5.74, 6) is 0.915. The molecule has 0 spiro atoms. The van der Waals surface area contributed by atoms with Crippen molar-refractivity contribution in [3.63, 3.8) is 0 Å². The second-order valence-electron chi connectivity index (χ2n) is 8.02. The molecule has 1 saturated heterocycles. The summed E-state index contributed by atoms with van der Waals surface area (Å²) in [7, 11) is 2.14. The lowest BCUT2D eigenvalue weighted by atomic mass is 10.1. The minimum atomic E-state index is -0.271. The van der Waals surface area contributed by atoms with Gasteiger partial charge in [0, 0.05) is 43.1 Å². The highest BCUT2D eigenvalue weighted by atomic mass is 16.2. The van der Waals surface area contributed by atoms with Gasteiger partial charge < -0.3 is 20.4 Å². The van der Waals surface area contributed by atoms with Gasteiger partial charge in [-0.05, 0) is 68.4 Å². The zero-order valence-electron chi connectivity index (χ0n) is 18.2. The molecule has 3 aromatic rings. The van der Waals surface area contributed by atoms with Crippen LogP contribution in [0.2, 0.25) is 0 Å². The average molecular weight is 417 g/mol. The number of hydrogen-bond donors (Lipinski definition) is 2. The van der Waals surface area contributed by atoms with E-state index in [0.717, 1.165) is 54.5 Å². The summed E-state index contributed by atoms with van der Waals surface area (Å²) < 4.78 is 0. The van der Waals surface area contributed by atoms with Crippen LogP contribution in [0.25, 0.3) is 11.3 Å². The molecule has 1 aliphatic heterocycles. The van der Waals surface area contributed by atoms with Gasteiger partial charge in [-0.15, -0.1) is 10.2 Å². The molecule has 1 fully saturated rings. The number of rotatable bonds is 4. The Kier molecular flexibility index (Phi) is 6.13.